The highest BCUT2D eigenvalue weighted by Gasteiger charge is 2.13. The number of halogens is 2. The zero-order chi connectivity index (χ0) is 18.4. The predicted octanol–water partition coefficient (Wildman–Crippen LogP) is 3.81. The highest BCUT2D eigenvalue weighted by molar-refractivity contribution is 5.94. The molecule has 0 bridgehead atoms. The summed E-state index contributed by atoms with van der Waals surface area (Å²) in [6.45, 7) is 0.447. The minimum atomic E-state index is -2.86. The van der Waals surface area contributed by atoms with Crippen LogP contribution in [0.4, 0.5) is 8.78 Å². The monoisotopic (exact) mass is 360 g/mol. The van der Waals surface area contributed by atoms with Crippen molar-refractivity contribution in [3.05, 3.63) is 65.2 Å². The molecule has 1 heterocycles. The lowest BCUT2D eigenvalue weighted by atomic mass is 10.1. The van der Waals surface area contributed by atoms with Gasteiger partial charge in [-0.15, -0.1) is 0 Å². The second kappa shape index (κ2) is 8.76. The number of nitrogens with zero attached hydrogens (tertiary/aromatic N) is 1. The highest BCUT2D eigenvalue weighted by atomic mass is 19.3. The maximum atomic E-state index is 12.4. The fraction of sp³-hybridized carbons (Fsp3) is 0.350. The maximum Gasteiger partial charge on any atom is 0.387 e. The lowest BCUT2D eigenvalue weighted by Gasteiger charge is -2.15. The molecule has 26 heavy (non-hydrogen) atoms. The van der Waals surface area contributed by atoms with E-state index in [1.807, 2.05) is 18.2 Å². The SMILES string of the molecule is O=C(NCc1cccc(OC(F)F)c1)c1cccc(CN2CCCC2)c1. The number of rotatable bonds is 7. The van der Waals surface area contributed by atoms with Crippen LogP contribution in [0.15, 0.2) is 48.5 Å². The molecule has 2 aromatic rings. The van der Waals surface area contributed by atoms with E-state index in [0.29, 0.717) is 11.1 Å². The topological polar surface area (TPSA) is 41.6 Å². The summed E-state index contributed by atoms with van der Waals surface area (Å²) in [6.07, 6.45) is 2.46. The van der Waals surface area contributed by atoms with Crippen LogP contribution < -0.4 is 10.1 Å². The molecule has 3 rings (SSSR count). The van der Waals surface area contributed by atoms with Crippen molar-refractivity contribution in [1.82, 2.24) is 10.2 Å². The molecule has 1 fully saturated rings. The molecule has 0 aliphatic carbocycles. The molecule has 0 atom stereocenters. The molecule has 138 valence electrons. The minimum absolute atomic E-state index is 0.0827. The molecule has 1 N–H and O–H groups in total. The first-order valence-electron chi connectivity index (χ1n) is 8.73. The van der Waals surface area contributed by atoms with E-state index in [1.54, 1.807) is 18.2 Å². The van der Waals surface area contributed by atoms with E-state index in [4.69, 9.17) is 0 Å². The van der Waals surface area contributed by atoms with E-state index < -0.39 is 6.61 Å². The van der Waals surface area contributed by atoms with E-state index in [-0.39, 0.29) is 18.2 Å². The average Bonchev–Trinajstić information content (AvgIpc) is 3.12. The molecular weight excluding hydrogens is 338 g/mol. The highest BCUT2D eigenvalue weighted by Crippen LogP contribution is 2.16. The largest absolute Gasteiger partial charge is 0.435 e. The van der Waals surface area contributed by atoms with E-state index in [1.165, 1.54) is 25.0 Å². The first-order chi connectivity index (χ1) is 12.6. The Bertz CT molecular complexity index is 746. The number of nitrogens with one attached hydrogen (secondary N) is 1. The molecule has 2 aromatic carbocycles. The van der Waals surface area contributed by atoms with Crippen LogP contribution in [-0.4, -0.2) is 30.5 Å². The summed E-state index contributed by atoms with van der Waals surface area (Å²) in [7, 11) is 0. The van der Waals surface area contributed by atoms with Gasteiger partial charge in [-0.2, -0.15) is 8.78 Å². The van der Waals surface area contributed by atoms with Gasteiger partial charge in [0.25, 0.3) is 5.91 Å². The number of hydrogen-bond donors (Lipinski definition) is 1. The summed E-state index contributed by atoms with van der Waals surface area (Å²) >= 11 is 0. The molecule has 1 aliphatic rings. The third kappa shape index (κ3) is 5.26. The van der Waals surface area contributed by atoms with E-state index >= 15 is 0 Å². The maximum absolute atomic E-state index is 12.4. The second-order valence-corrected chi connectivity index (χ2v) is 6.39. The Balaban J connectivity index is 1.58. The molecule has 6 heteroatoms. The van der Waals surface area contributed by atoms with Gasteiger partial charge >= 0.3 is 6.61 Å². The molecule has 0 unspecified atom stereocenters. The van der Waals surface area contributed by atoms with Gasteiger partial charge in [-0.25, -0.2) is 0 Å². The zero-order valence-electron chi connectivity index (χ0n) is 14.5. The van der Waals surface area contributed by atoms with Crippen molar-refractivity contribution < 1.29 is 18.3 Å². The molecule has 1 saturated heterocycles. The number of benzene rings is 2. The van der Waals surface area contributed by atoms with Gasteiger partial charge in [0, 0.05) is 18.7 Å². The lowest BCUT2D eigenvalue weighted by molar-refractivity contribution is -0.0498. The quantitative estimate of drug-likeness (QED) is 0.816. The van der Waals surface area contributed by atoms with Crippen molar-refractivity contribution >= 4 is 5.91 Å². The number of hydrogen-bond acceptors (Lipinski definition) is 3. The smallest absolute Gasteiger partial charge is 0.387 e. The third-order valence-electron chi connectivity index (χ3n) is 4.37. The minimum Gasteiger partial charge on any atom is -0.435 e. The van der Waals surface area contributed by atoms with Crippen molar-refractivity contribution in [2.75, 3.05) is 13.1 Å². The molecule has 1 amide bonds. The molecule has 0 aromatic heterocycles. The van der Waals surface area contributed by atoms with Gasteiger partial charge in [-0.05, 0) is 61.3 Å². The summed E-state index contributed by atoms with van der Waals surface area (Å²) in [5.74, 6) is -0.104. The first kappa shape index (κ1) is 18.3. The van der Waals surface area contributed by atoms with Gasteiger partial charge in [0.1, 0.15) is 5.75 Å². The lowest BCUT2D eigenvalue weighted by Crippen LogP contribution is -2.23. The molecular formula is C20H22F2N2O2. The van der Waals surface area contributed by atoms with Gasteiger partial charge in [0.05, 0.1) is 0 Å². The van der Waals surface area contributed by atoms with E-state index in [2.05, 4.69) is 15.0 Å². The number of alkyl halides is 2. The van der Waals surface area contributed by atoms with Crippen LogP contribution in [0.5, 0.6) is 5.75 Å². The van der Waals surface area contributed by atoms with E-state index in [9.17, 15) is 13.6 Å². The number of carbonyl (C=O) groups is 1. The molecule has 0 spiro atoms. The Morgan fingerprint density at radius 3 is 2.58 bits per heavy atom. The summed E-state index contributed by atoms with van der Waals surface area (Å²) < 4.78 is 28.9. The Hall–Kier alpha value is -2.47. The first-order valence-corrected chi connectivity index (χ1v) is 8.73. The fourth-order valence-electron chi connectivity index (χ4n) is 3.13. The summed E-state index contributed by atoms with van der Waals surface area (Å²) in [4.78, 5) is 14.8. The van der Waals surface area contributed by atoms with Crippen LogP contribution >= 0.6 is 0 Å². The van der Waals surface area contributed by atoms with Crippen molar-refractivity contribution in [2.45, 2.75) is 32.5 Å². The van der Waals surface area contributed by atoms with Crippen LogP contribution in [0.3, 0.4) is 0 Å². The van der Waals surface area contributed by atoms with Crippen LogP contribution in [0.2, 0.25) is 0 Å². The van der Waals surface area contributed by atoms with Crippen LogP contribution in [0.25, 0.3) is 0 Å². The Morgan fingerprint density at radius 1 is 1.08 bits per heavy atom. The number of carbonyl (C=O) groups excluding carboxylic acids is 1. The van der Waals surface area contributed by atoms with Gasteiger partial charge in [-0.3, -0.25) is 9.69 Å². The predicted molar refractivity (Wildman–Crippen MR) is 95.2 cm³/mol. The summed E-state index contributed by atoms with van der Waals surface area (Å²) in [6, 6.07) is 13.9. The van der Waals surface area contributed by atoms with E-state index in [0.717, 1.165) is 25.2 Å². The average molecular weight is 360 g/mol. The van der Waals surface area contributed by atoms with Crippen molar-refractivity contribution in [3.63, 3.8) is 0 Å². The Kier molecular flexibility index (Phi) is 6.17. The summed E-state index contributed by atoms with van der Waals surface area (Å²) in [5, 5.41) is 2.82. The van der Waals surface area contributed by atoms with Gasteiger partial charge in [0.15, 0.2) is 0 Å². The molecule has 0 radical (unpaired) electrons. The van der Waals surface area contributed by atoms with Crippen molar-refractivity contribution in [1.29, 1.82) is 0 Å². The molecule has 1 aliphatic heterocycles. The third-order valence-corrected chi connectivity index (χ3v) is 4.37. The van der Waals surface area contributed by atoms with Gasteiger partial charge in [0.2, 0.25) is 0 Å². The van der Waals surface area contributed by atoms with Crippen LogP contribution in [0, 0.1) is 0 Å². The molecule has 4 nitrogen and oxygen atoms in total. The van der Waals surface area contributed by atoms with Gasteiger partial charge < -0.3 is 10.1 Å². The second-order valence-electron chi connectivity index (χ2n) is 6.39. The van der Waals surface area contributed by atoms with Crippen molar-refractivity contribution in [3.8, 4) is 5.75 Å². The number of amides is 1. The van der Waals surface area contributed by atoms with Crippen molar-refractivity contribution in [2.24, 2.45) is 0 Å². The Labute approximate surface area is 151 Å². The fourth-order valence-corrected chi connectivity index (χ4v) is 3.13. The zero-order valence-corrected chi connectivity index (χ0v) is 14.5. The standard InChI is InChI=1S/C20H22F2N2O2/c21-20(22)26-18-8-4-5-15(12-18)13-23-19(25)17-7-3-6-16(11-17)14-24-9-1-2-10-24/h3-8,11-12,20H,1-2,9-10,13-14H2,(H,23,25). The number of ether oxygens (including phenoxy) is 1. The molecule has 0 saturated carbocycles. The number of likely N-dealkylation sites (tertiary alicyclic amines) is 1. The van der Waals surface area contributed by atoms with Gasteiger partial charge in [-0.1, -0.05) is 24.3 Å². The summed E-state index contributed by atoms with van der Waals surface area (Å²) in [5.41, 5.74) is 2.42. The van der Waals surface area contributed by atoms with Crippen LogP contribution in [0.1, 0.15) is 34.3 Å². The normalized spacial score (nSPS) is 14.6. The van der Waals surface area contributed by atoms with Crippen LogP contribution in [-0.2, 0) is 13.1 Å². The Morgan fingerprint density at radius 2 is 1.81 bits per heavy atom.